The van der Waals surface area contributed by atoms with Crippen LogP contribution in [-0.2, 0) is 4.74 Å². The van der Waals surface area contributed by atoms with E-state index in [2.05, 4.69) is 0 Å². The normalized spacial score (nSPS) is 78.4. The van der Waals surface area contributed by atoms with Crippen LogP contribution in [0.15, 0.2) is 0 Å². The summed E-state index contributed by atoms with van der Waals surface area (Å²) in [6, 6.07) is 0. The topological polar surface area (TPSA) is 72.6 Å². The minimum absolute atomic E-state index is 0.0793. The van der Waals surface area contributed by atoms with Crippen LogP contribution in [0.4, 0.5) is 0 Å². The lowest BCUT2D eigenvalue weighted by Gasteiger charge is -2.45. The van der Waals surface area contributed by atoms with Crippen molar-refractivity contribution in [1.82, 2.24) is 0 Å². The van der Waals surface area contributed by atoms with Gasteiger partial charge in [-0.25, -0.2) is 0 Å². The van der Waals surface area contributed by atoms with Crippen LogP contribution in [0.1, 0.15) is 6.42 Å². The van der Waals surface area contributed by atoms with Gasteiger partial charge in [0.1, 0.15) is 5.60 Å². The molecule has 7 aliphatic rings. The molecule has 0 unspecified atom stereocenters. The van der Waals surface area contributed by atoms with Crippen LogP contribution in [-0.4, -0.2) is 28.0 Å². The van der Waals surface area contributed by atoms with Crippen molar-refractivity contribution in [3.63, 3.8) is 0 Å². The Morgan fingerprint density at radius 2 is 1.94 bits per heavy atom. The first-order valence-corrected chi connectivity index (χ1v) is 6.64. The lowest BCUT2D eigenvalue weighted by Crippen LogP contribution is -2.53. The molecule has 7 rings (SSSR count). The highest BCUT2D eigenvalue weighted by atomic mass is 16.7. The van der Waals surface area contributed by atoms with Crippen molar-refractivity contribution in [2.24, 2.45) is 47.3 Å². The van der Waals surface area contributed by atoms with Gasteiger partial charge in [0.2, 0.25) is 6.54 Å². The highest BCUT2D eigenvalue weighted by Crippen LogP contribution is 2.92. The molecule has 7 fully saturated rings. The van der Waals surface area contributed by atoms with E-state index in [0.29, 0.717) is 35.5 Å². The molecule has 90 valence electrons. The van der Waals surface area contributed by atoms with Gasteiger partial charge in [-0.05, 0) is 30.1 Å². The average Bonchev–Trinajstić information content (AvgIpc) is 2.75. The summed E-state index contributed by atoms with van der Waals surface area (Å²) in [4.78, 5) is 10.7. The molecule has 0 aromatic rings. The van der Waals surface area contributed by atoms with E-state index in [1.807, 2.05) is 0 Å². The zero-order valence-electron chi connectivity index (χ0n) is 9.15. The summed E-state index contributed by atoms with van der Waals surface area (Å²) < 4.78 is 5.97. The van der Waals surface area contributed by atoms with E-state index in [9.17, 15) is 15.2 Å². The van der Waals surface area contributed by atoms with E-state index >= 15 is 0 Å². The fraction of sp³-hybridized carbons (Fsp3) is 1.00. The number of nitrogens with zero attached hydrogens (tertiary/aromatic N) is 1. The molecular formula is C12H13NO4. The molecule has 4 bridgehead atoms. The average molecular weight is 235 g/mol. The van der Waals surface area contributed by atoms with Crippen molar-refractivity contribution in [3.8, 4) is 0 Å². The molecule has 0 amide bonds. The van der Waals surface area contributed by atoms with Crippen molar-refractivity contribution in [2.45, 2.75) is 17.8 Å². The first-order valence-electron chi connectivity index (χ1n) is 6.64. The Hall–Kier alpha value is -0.680. The first-order chi connectivity index (χ1) is 8.09. The molecule has 2 heterocycles. The maximum absolute atomic E-state index is 11.0. The molecule has 1 N–H and O–H groups in total. The highest BCUT2D eigenvalue weighted by molar-refractivity contribution is 5.41. The smallest absolute Gasteiger partial charge is 0.233 e. The van der Waals surface area contributed by atoms with Gasteiger partial charge >= 0.3 is 0 Å². The summed E-state index contributed by atoms with van der Waals surface area (Å²) in [5, 5.41) is 21.7. The summed E-state index contributed by atoms with van der Waals surface area (Å²) in [6.07, 6.45) is 1.21. The predicted molar refractivity (Wildman–Crippen MR) is 53.2 cm³/mol. The fourth-order valence-corrected chi connectivity index (χ4v) is 7.71. The minimum atomic E-state index is -0.970. The molecule has 0 spiro atoms. The van der Waals surface area contributed by atoms with Crippen LogP contribution < -0.4 is 0 Å². The monoisotopic (exact) mass is 235 g/mol. The van der Waals surface area contributed by atoms with E-state index in [1.54, 1.807) is 0 Å². The molecular weight excluding hydrogens is 222 g/mol. The Morgan fingerprint density at radius 3 is 2.71 bits per heavy atom. The quantitative estimate of drug-likeness (QED) is 0.544. The van der Waals surface area contributed by atoms with Gasteiger partial charge in [-0.3, -0.25) is 10.1 Å². The second-order valence-corrected chi connectivity index (χ2v) is 7.12. The van der Waals surface area contributed by atoms with Crippen LogP contribution >= 0.6 is 0 Å². The van der Waals surface area contributed by atoms with Crippen molar-refractivity contribution in [2.75, 3.05) is 6.54 Å². The lowest BCUT2D eigenvalue weighted by atomic mass is 9.56. The number of aliphatic hydroxyl groups is 1. The van der Waals surface area contributed by atoms with Crippen molar-refractivity contribution in [3.05, 3.63) is 10.1 Å². The number of nitro groups is 1. The van der Waals surface area contributed by atoms with Gasteiger partial charge in [0.15, 0.2) is 5.79 Å². The molecule has 5 aliphatic carbocycles. The second kappa shape index (κ2) is 1.84. The molecule has 0 aromatic carbocycles. The molecule has 5 saturated carbocycles. The number of rotatable bonds is 2. The fourth-order valence-electron chi connectivity index (χ4n) is 7.71. The third-order valence-corrected chi connectivity index (χ3v) is 7.32. The van der Waals surface area contributed by atoms with Crippen LogP contribution in [0.5, 0.6) is 0 Å². The second-order valence-electron chi connectivity index (χ2n) is 7.12. The number of ether oxygens (including phenoxy) is 1. The van der Waals surface area contributed by atoms with E-state index < -0.39 is 11.4 Å². The molecule has 5 nitrogen and oxygen atoms in total. The van der Waals surface area contributed by atoms with Gasteiger partial charge in [-0.2, -0.15) is 0 Å². The summed E-state index contributed by atoms with van der Waals surface area (Å²) in [6.45, 7) is -0.0793. The Labute approximate surface area is 97.3 Å². The Kier molecular flexibility index (Phi) is 0.912. The lowest BCUT2D eigenvalue weighted by molar-refractivity contribution is -0.504. The molecule has 10 atom stereocenters. The largest absolute Gasteiger partial charge is 0.365 e. The summed E-state index contributed by atoms with van der Waals surface area (Å²) >= 11 is 0. The zero-order chi connectivity index (χ0) is 11.3. The predicted octanol–water partition coefficient (Wildman–Crippen LogP) is 0.108. The molecule has 0 aromatic heterocycles. The third kappa shape index (κ3) is 0.492. The van der Waals surface area contributed by atoms with Gasteiger partial charge in [0.25, 0.3) is 0 Å². The summed E-state index contributed by atoms with van der Waals surface area (Å²) in [7, 11) is 0. The number of hydrogen-bond acceptors (Lipinski definition) is 4. The minimum Gasteiger partial charge on any atom is -0.365 e. The van der Waals surface area contributed by atoms with Crippen LogP contribution in [0, 0.1) is 57.5 Å². The van der Waals surface area contributed by atoms with Crippen LogP contribution in [0.2, 0.25) is 0 Å². The Morgan fingerprint density at radius 1 is 1.24 bits per heavy atom. The van der Waals surface area contributed by atoms with E-state index in [4.69, 9.17) is 4.74 Å². The van der Waals surface area contributed by atoms with Gasteiger partial charge < -0.3 is 9.84 Å². The Bertz CT molecular complexity index is 509. The van der Waals surface area contributed by atoms with Crippen LogP contribution in [0.25, 0.3) is 0 Å². The van der Waals surface area contributed by atoms with E-state index in [0.717, 1.165) is 0 Å². The maximum Gasteiger partial charge on any atom is 0.233 e. The van der Waals surface area contributed by atoms with Gasteiger partial charge in [-0.1, -0.05) is 0 Å². The molecule has 2 saturated heterocycles. The van der Waals surface area contributed by atoms with Crippen LogP contribution in [0.3, 0.4) is 0 Å². The van der Waals surface area contributed by atoms with Gasteiger partial charge in [0.05, 0.1) is 0 Å². The first kappa shape index (κ1) is 8.43. The molecule has 0 radical (unpaired) electrons. The standard InChI is InChI=1S/C12H13NO4/c14-12-8-4-1-3-5-6(4)10(12)9(5)11(17-12,7(3)8)2-13(15)16/h3-10,14H,1-2H2/t3-,4+,5+,6-,7+,8+,9-,10+,11+,12+/m0/s1. The molecule has 2 aliphatic heterocycles. The summed E-state index contributed by atoms with van der Waals surface area (Å²) in [5.41, 5.74) is -0.579. The zero-order valence-corrected chi connectivity index (χ0v) is 9.15. The molecule has 5 heteroatoms. The third-order valence-electron chi connectivity index (χ3n) is 7.32. The van der Waals surface area contributed by atoms with Crippen molar-refractivity contribution in [1.29, 1.82) is 0 Å². The summed E-state index contributed by atoms with van der Waals surface area (Å²) in [5.74, 6) is 2.67. The van der Waals surface area contributed by atoms with E-state index in [1.165, 1.54) is 6.42 Å². The van der Waals surface area contributed by atoms with Gasteiger partial charge in [0, 0.05) is 28.6 Å². The SMILES string of the molecule is O=[N+]([O-])C[C@]12O[C@]3(O)[C@@H]4[C@@H]5C[C@@H]([C@@H]6[C@H]5[C@@H]3[C@H]61)[C@H]42. The van der Waals surface area contributed by atoms with Crippen molar-refractivity contribution < 1.29 is 14.8 Å². The number of hydrogen-bond donors (Lipinski definition) is 1. The van der Waals surface area contributed by atoms with Gasteiger partial charge in [-0.15, -0.1) is 0 Å². The van der Waals surface area contributed by atoms with Crippen molar-refractivity contribution >= 4 is 0 Å². The Balaban J connectivity index is 1.64. The van der Waals surface area contributed by atoms with E-state index in [-0.39, 0.29) is 23.3 Å². The molecule has 17 heavy (non-hydrogen) atoms. The highest BCUT2D eigenvalue weighted by Gasteiger charge is 2.98. The maximum atomic E-state index is 11.0.